The molecular weight excluding hydrogens is 286 g/mol. The van der Waals surface area contributed by atoms with Crippen LogP contribution in [0.1, 0.15) is 30.9 Å². The smallest absolute Gasteiger partial charge is 0.330 e. The molecule has 1 aromatic rings. The lowest BCUT2D eigenvalue weighted by atomic mass is 10.0. The van der Waals surface area contributed by atoms with Gasteiger partial charge in [-0.25, -0.2) is 4.79 Å². The molecule has 0 saturated carbocycles. The fraction of sp³-hybridized carbons (Fsp3) is 0.500. The van der Waals surface area contributed by atoms with Gasteiger partial charge in [0.1, 0.15) is 5.75 Å². The second-order valence-corrected chi connectivity index (χ2v) is 5.38. The van der Waals surface area contributed by atoms with Gasteiger partial charge in [-0.1, -0.05) is 12.1 Å². The van der Waals surface area contributed by atoms with Gasteiger partial charge >= 0.3 is 5.97 Å². The number of carboxylic acids is 1. The largest absolute Gasteiger partial charge is 0.497 e. The van der Waals surface area contributed by atoms with Crippen molar-refractivity contribution in [3.05, 3.63) is 29.8 Å². The van der Waals surface area contributed by atoms with Crippen LogP contribution in [0.15, 0.2) is 24.3 Å². The SMILES string of the molecule is COc1ccc(C(NC(=O)CCC2CCOC2)C(=O)O)cc1. The molecule has 1 aromatic carbocycles. The number of carbonyl (C=O) groups is 2. The monoisotopic (exact) mass is 307 g/mol. The summed E-state index contributed by atoms with van der Waals surface area (Å²) in [5.74, 6) is -0.298. The maximum Gasteiger partial charge on any atom is 0.330 e. The van der Waals surface area contributed by atoms with Crippen LogP contribution in [-0.4, -0.2) is 37.3 Å². The number of amides is 1. The Hall–Kier alpha value is -2.08. The van der Waals surface area contributed by atoms with Crippen LogP contribution >= 0.6 is 0 Å². The lowest BCUT2D eigenvalue weighted by Crippen LogP contribution is -2.33. The lowest BCUT2D eigenvalue weighted by Gasteiger charge is -2.16. The first-order valence-corrected chi connectivity index (χ1v) is 7.34. The number of carboxylic acid groups (broad SMARTS) is 1. The second kappa shape index (κ2) is 7.79. The molecule has 6 nitrogen and oxygen atoms in total. The molecular formula is C16H21NO5. The third-order valence-corrected chi connectivity index (χ3v) is 3.81. The average Bonchev–Trinajstić information content (AvgIpc) is 3.04. The van der Waals surface area contributed by atoms with Gasteiger partial charge in [-0.15, -0.1) is 0 Å². The summed E-state index contributed by atoms with van der Waals surface area (Å²) < 4.78 is 10.3. The molecule has 2 atom stereocenters. The predicted molar refractivity (Wildman–Crippen MR) is 79.7 cm³/mol. The van der Waals surface area contributed by atoms with E-state index in [-0.39, 0.29) is 5.91 Å². The van der Waals surface area contributed by atoms with E-state index in [1.165, 1.54) is 7.11 Å². The van der Waals surface area contributed by atoms with E-state index in [9.17, 15) is 14.7 Å². The van der Waals surface area contributed by atoms with E-state index in [2.05, 4.69) is 5.32 Å². The summed E-state index contributed by atoms with van der Waals surface area (Å²) in [6.45, 7) is 1.43. The third kappa shape index (κ3) is 4.46. The fourth-order valence-electron chi connectivity index (χ4n) is 2.46. The number of rotatable bonds is 7. The molecule has 1 aliphatic rings. The zero-order valence-corrected chi connectivity index (χ0v) is 12.6. The van der Waals surface area contributed by atoms with Crippen molar-refractivity contribution in [1.29, 1.82) is 0 Å². The van der Waals surface area contributed by atoms with Gasteiger partial charge in [0.2, 0.25) is 5.91 Å². The number of aliphatic carboxylic acids is 1. The van der Waals surface area contributed by atoms with Crippen molar-refractivity contribution in [2.24, 2.45) is 5.92 Å². The van der Waals surface area contributed by atoms with Gasteiger partial charge in [-0.3, -0.25) is 4.79 Å². The van der Waals surface area contributed by atoms with Gasteiger partial charge in [0.25, 0.3) is 0 Å². The Morgan fingerprint density at radius 1 is 1.41 bits per heavy atom. The summed E-state index contributed by atoms with van der Waals surface area (Å²) in [6.07, 6.45) is 2.00. The van der Waals surface area contributed by atoms with E-state index < -0.39 is 12.0 Å². The van der Waals surface area contributed by atoms with Crippen LogP contribution in [0.5, 0.6) is 5.75 Å². The minimum atomic E-state index is -1.08. The van der Waals surface area contributed by atoms with Crippen LogP contribution in [0.4, 0.5) is 0 Å². The molecule has 1 aliphatic heterocycles. The van der Waals surface area contributed by atoms with Gasteiger partial charge in [0.05, 0.1) is 7.11 Å². The zero-order chi connectivity index (χ0) is 15.9. The van der Waals surface area contributed by atoms with Crippen LogP contribution in [0.3, 0.4) is 0 Å². The Balaban J connectivity index is 1.92. The first kappa shape index (κ1) is 16.3. The maximum atomic E-state index is 12.0. The summed E-state index contributed by atoms with van der Waals surface area (Å²) >= 11 is 0. The Bertz CT molecular complexity index is 508. The number of benzene rings is 1. The first-order valence-electron chi connectivity index (χ1n) is 7.34. The second-order valence-electron chi connectivity index (χ2n) is 5.38. The van der Waals surface area contributed by atoms with Crippen LogP contribution in [-0.2, 0) is 14.3 Å². The van der Waals surface area contributed by atoms with Crippen LogP contribution in [0.2, 0.25) is 0 Å². The summed E-state index contributed by atoms with van der Waals surface area (Å²) in [5.41, 5.74) is 0.519. The lowest BCUT2D eigenvalue weighted by molar-refractivity contribution is -0.142. The normalized spacial score (nSPS) is 18.7. The van der Waals surface area contributed by atoms with E-state index in [0.717, 1.165) is 19.4 Å². The first-order chi connectivity index (χ1) is 10.6. The van der Waals surface area contributed by atoms with Gasteiger partial charge in [-0.2, -0.15) is 0 Å². The highest BCUT2D eigenvalue weighted by molar-refractivity contribution is 5.84. The molecule has 22 heavy (non-hydrogen) atoms. The summed E-state index contributed by atoms with van der Waals surface area (Å²) in [4.78, 5) is 23.4. The van der Waals surface area contributed by atoms with Crippen molar-refractivity contribution >= 4 is 11.9 Å². The van der Waals surface area contributed by atoms with E-state index >= 15 is 0 Å². The van der Waals surface area contributed by atoms with Gasteiger partial charge in [-0.05, 0) is 36.5 Å². The van der Waals surface area contributed by atoms with Crippen molar-refractivity contribution in [2.75, 3.05) is 20.3 Å². The minimum Gasteiger partial charge on any atom is -0.497 e. The minimum absolute atomic E-state index is 0.255. The third-order valence-electron chi connectivity index (χ3n) is 3.81. The quantitative estimate of drug-likeness (QED) is 0.801. The number of hydrogen-bond acceptors (Lipinski definition) is 4. The standard InChI is InChI=1S/C16H21NO5/c1-21-13-5-3-12(4-6-13)15(16(19)20)17-14(18)7-2-11-8-9-22-10-11/h3-6,11,15H,2,7-10H2,1H3,(H,17,18)(H,19,20). The molecule has 1 saturated heterocycles. The molecule has 0 spiro atoms. The van der Waals surface area contributed by atoms with Crippen LogP contribution < -0.4 is 10.1 Å². The number of hydrogen-bond donors (Lipinski definition) is 2. The highest BCUT2D eigenvalue weighted by Crippen LogP contribution is 2.20. The molecule has 0 radical (unpaired) electrons. The molecule has 1 heterocycles. The van der Waals surface area contributed by atoms with E-state index in [0.29, 0.717) is 30.3 Å². The van der Waals surface area contributed by atoms with E-state index in [1.54, 1.807) is 24.3 Å². The highest BCUT2D eigenvalue weighted by atomic mass is 16.5. The maximum absolute atomic E-state index is 12.0. The molecule has 2 unspecified atom stereocenters. The average molecular weight is 307 g/mol. The molecule has 0 aromatic heterocycles. The Labute approximate surface area is 129 Å². The molecule has 6 heteroatoms. The van der Waals surface area contributed by atoms with Crippen molar-refractivity contribution in [3.8, 4) is 5.75 Å². The van der Waals surface area contributed by atoms with Crippen molar-refractivity contribution in [2.45, 2.75) is 25.3 Å². The molecule has 120 valence electrons. The van der Waals surface area contributed by atoms with Crippen molar-refractivity contribution < 1.29 is 24.2 Å². The van der Waals surface area contributed by atoms with Crippen LogP contribution in [0, 0.1) is 5.92 Å². The highest BCUT2D eigenvalue weighted by Gasteiger charge is 2.23. The van der Waals surface area contributed by atoms with E-state index in [4.69, 9.17) is 9.47 Å². The predicted octanol–water partition coefficient (Wildman–Crippen LogP) is 1.75. The van der Waals surface area contributed by atoms with E-state index in [1.807, 2.05) is 0 Å². The fourth-order valence-corrected chi connectivity index (χ4v) is 2.46. The Kier molecular flexibility index (Phi) is 5.77. The Morgan fingerprint density at radius 3 is 2.68 bits per heavy atom. The molecule has 1 amide bonds. The number of nitrogens with one attached hydrogen (secondary N) is 1. The topological polar surface area (TPSA) is 84.9 Å². The zero-order valence-electron chi connectivity index (χ0n) is 12.6. The molecule has 2 rings (SSSR count). The number of carbonyl (C=O) groups excluding carboxylic acids is 1. The van der Waals surface area contributed by atoms with Crippen molar-refractivity contribution in [3.63, 3.8) is 0 Å². The number of ether oxygens (including phenoxy) is 2. The van der Waals surface area contributed by atoms with Gasteiger partial charge < -0.3 is 19.9 Å². The molecule has 2 N–H and O–H groups in total. The summed E-state index contributed by atoms with van der Waals surface area (Å²) in [7, 11) is 1.54. The summed E-state index contributed by atoms with van der Waals surface area (Å²) in [6, 6.07) is 5.59. The van der Waals surface area contributed by atoms with Crippen molar-refractivity contribution in [1.82, 2.24) is 5.32 Å². The summed E-state index contributed by atoms with van der Waals surface area (Å²) in [5, 5.41) is 11.9. The van der Waals surface area contributed by atoms with Gasteiger partial charge in [0, 0.05) is 19.6 Å². The van der Waals surface area contributed by atoms with Crippen LogP contribution in [0.25, 0.3) is 0 Å². The number of methoxy groups -OCH3 is 1. The Morgan fingerprint density at radius 2 is 2.14 bits per heavy atom. The molecule has 0 aliphatic carbocycles. The molecule has 1 fully saturated rings. The van der Waals surface area contributed by atoms with Gasteiger partial charge in [0.15, 0.2) is 6.04 Å². The molecule has 0 bridgehead atoms.